The topological polar surface area (TPSA) is 89.3 Å². The fraction of sp³-hybridized carbons (Fsp3) is 0.118. The van der Waals surface area contributed by atoms with Gasteiger partial charge in [-0.3, -0.25) is 4.79 Å². The van der Waals surface area contributed by atoms with E-state index in [-0.39, 0.29) is 11.7 Å². The molecule has 0 spiro atoms. The lowest BCUT2D eigenvalue weighted by Crippen LogP contribution is -2.12. The van der Waals surface area contributed by atoms with Gasteiger partial charge in [0.2, 0.25) is 0 Å². The van der Waals surface area contributed by atoms with Crippen molar-refractivity contribution in [3.8, 4) is 5.75 Å². The highest BCUT2D eigenvalue weighted by molar-refractivity contribution is 6.01. The minimum Gasteiger partial charge on any atom is -0.495 e. The van der Waals surface area contributed by atoms with Gasteiger partial charge in [0.05, 0.1) is 19.1 Å². The lowest BCUT2D eigenvalue weighted by Gasteiger charge is -2.11. The highest BCUT2D eigenvalue weighted by atomic mass is 16.5. The molecule has 7 heteroatoms. The van der Waals surface area contributed by atoms with Crippen molar-refractivity contribution in [2.75, 3.05) is 17.7 Å². The molecule has 0 fully saturated rings. The van der Waals surface area contributed by atoms with E-state index >= 15 is 0 Å². The number of aromatic nitrogens is 2. The largest absolute Gasteiger partial charge is 0.495 e. The summed E-state index contributed by atoms with van der Waals surface area (Å²) in [5, 5.41) is 13.8. The van der Waals surface area contributed by atoms with E-state index in [4.69, 9.17) is 9.15 Å². The number of carbonyl (C=O) groups is 1. The Bertz CT molecular complexity index is 830. The Morgan fingerprint density at radius 3 is 2.58 bits per heavy atom. The van der Waals surface area contributed by atoms with Crippen LogP contribution in [0.3, 0.4) is 0 Å². The molecule has 1 aromatic carbocycles. The molecule has 0 bridgehead atoms. The van der Waals surface area contributed by atoms with E-state index in [0.717, 1.165) is 11.3 Å². The predicted octanol–water partition coefficient (Wildman–Crippen LogP) is 3.38. The van der Waals surface area contributed by atoms with Gasteiger partial charge >= 0.3 is 0 Å². The van der Waals surface area contributed by atoms with Crippen LogP contribution in [-0.4, -0.2) is 23.2 Å². The Morgan fingerprint density at radius 2 is 1.92 bits per heavy atom. The van der Waals surface area contributed by atoms with E-state index in [9.17, 15) is 4.79 Å². The number of nitrogens with one attached hydrogen (secondary N) is 2. The minimum absolute atomic E-state index is 0.212. The summed E-state index contributed by atoms with van der Waals surface area (Å²) in [6.07, 6.45) is 1.43. The third kappa shape index (κ3) is 3.52. The first-order valence-corrected chi connectivity index (χ1v) is 7.26. The molecular formula is C17H16N4O3. The Labute approximate surface area is 138 Å². The summed E-state index contributed by atoms with van der Waals surface area (Å²) in [7, 11) is 1.61. The average Bonchev–Trinajstić information content (AvgIpc) is 3.11. The Morgan fingerprint density at radius 1 is 1.12 bits per heavy atom. The SMILES string of the molecule is COc1ccc(C)cc1Nc1ccc(NC(=O)c2ccco2)nn1. The maximum Gasteiger partial charge on any atom is 0.292 e. The van der Waals surface area contributed by atoms with Crippen molar-refractivity contribution >= 4 is 23.2 Å². The number of hydrogen-bond acceptors (Lipinski definition) is 6. The van der Waals surface area contributed by atoms with Crippen LogP contribution < -0.4 is 15.4 Å². The molecule has 3 rings (SSSR count). The first-order chi connectivity index (χ1) is 11.7. The van der Waals surface area contributed by atoms with Crippen LogP contribution in [0.2, 0.25) is 0 Å². The average molecular weight is 324 g/mol. The quantitative estimate of drug-likeness (QED) is 0.748. The summed E-state index contributed by atoms with van der Waals surface area (Å²) in [5.74, 6) is 1.41. The molecule has 2 aromatic heterocycles. The van der Waals surface area contributed by atoms with Crippen molar-refractivity contribution in [3.63, 3.8) is 0 Å². The molecule has 3 aromatic rings. The monoisotopic (exact) mass is 324 g/mol. The number of rotatable bonds is 5. The van der Waals surface area contributed by atoms with Gasteiger partial charge in [-0.1, -0.05) is 6.07 Å². The zero-order valence-electron chi connectivity index (χ0n) is 13.2. The lowest BCUT2D eigenvalue weighted by atomic mass is 10.2. The first-order valence-electron chi connectivity index (χ1n) is 7.26. The van der Waals surface area contributed by atoms with Gasteiger partial charge in [0.15, 0.2) is 17.4 Å². The van der Waals surface area contributed by atoms with Gasteiger partial charge in [-0.05, 0) is 48.9 Å². The molecule has 0 aliphatic heterocycles. The number of ether oxygens (including phenoxy) is 1. The highest BCUT2D eigenvalue weighted by Gasteiger charge is 2.10. The number of aryl methyl sites for hydroxylation is 1. The molecule has 122 valence electrons. The third-order valence-corrected chi connectivity index (χ3v) is 3.27. The Kier molecular flexibility index (Phi) is 4.42. The van der Waals surface area contributed by atoms with Gasteiger partial charge in [0.1, 0.15) is 5.75 Å². The summed E-state index contributed by atoms with van der Waals surface area (Å²) in [4.78, 5) is 11.9. The molecule has 0 saturated carbocycles. The number of anilines is 3. The fourth-order valence-corrected chi connectivity index (χ4v) is 2.11. The second-order valence-corrected chi connectivity index (χ2v) is 5.06. The zero-order chi connectivity index (χ0) is 16.9. The van der Waals surface area contributed by atoms with Gasteiger partial charge < -0.3 is 19.8 Å². The van der Waals surface area contributed by atoms with E-state index in [1.54, 1.807) is 31.4 Å². The summed E-state index contributed by atoms with van der Waals surface area (Å²) in [6, 6.07) is 12.4. The van der Waals surface area contributed by atoms with Crippen LogP contribution in [-0.2, 0) is 0 Å². The van der Waals surface area contributed by atoms with Crippen molar-refractivity contribution in [2.24, 2.45) is 0 Å². The molecule has 0 atom stereocenters. The number of hydrogen-bond donors (Lipinski definition) is 2. The van der Waals surface area contributed by atoms with Crippen LogP contribution in [0.5, 0.6) is 5.75 Å². The fourth-order valence-electron chi connectivity index (χ4n) is 2.11. The molecule has 0 aliphatic carbocycles. The molecule has 0 aliphatic rings. The predicted molar refractivity (Wildman–Crippen MR) is 89.7 cm³/mol. The number of furan rings is 1. The molecule has 2 heterocycles. The van der Waals surface area contributed by atoms with E-state index in [2.05, 4.69) is 20.8 Å². The molecule has 0 radical (unpaired) electrons. The first kappa shape index (κ1) is 15.5. The van der Waals surface area contributed by atoms with Crippen LogP contribution in [0.25, 0.3) is 0 Å². The van der Waals surface area contributed by atoms with Crippen LogP contribution in [0, 0.1) is 6.92 Å². The minimum atomic E-state index is -0.379. The molecule has 24 heavy (non-hydrogen) atoms. The van der Waals surface area contributed by atoms with E-state index < -0.39 is 0 Å². The van der Waals surface area contributed by atoms with Gasteiger partial charge in [-0.15, -0.1) is 10.2 Å². The number of carbonyl (C=O) groups excluding carboxylic acids is 1. The van der Waals surface area contributed by atoms with Crippen molar-refractivity contribution in [3.05, 3.63) is 60.1 Å². The maximum absolute atomic E-state index is 11.9. The standard InChI is InChI=1S/C17H16N4O3/c1-11-5-6-13(23-2)12(10-11)18-15-7-8-16(21-20-15)19-17(22)14-4-3-9-24-14/h3-10H,1-2H3,(H,18,20)(H,19,21,22). The molecular weight excluding hydrogens is 308 g/mol. The van der Waals surface area contributed by atoms with E-state index in [1.807, 2.05) is 25.1 Å². The molecule has 0 unspecified atom stereocenters. The van der Waals surface area contributed by atoms with E-state index in [0.29, 0.717) is 17.4 Å². The lowest BCUT2D eigenvalue weighted by molar-refractivity contribution is 0.0996. The van der Waals surface area contributed by atoms with Gasteiger partial charge in [-0.2, -0.15) is 0 Å². The zero-order valence-corrected chi connectivity index (χ0v) is 13.2. The summed E-state index contributed by atoms with van der Waals surface area (Å²) < 4.78 is 10.3. The van der Waals surface area contributed by atoms with Crippen LogP contribution >= 0.6 is 0 Å². The second kappa shape index (κ2) is 6.82. The molecule has 1 amide bonds. The second-order valence-electron chi connectivity index (χ2n) is 5.06. The normalized spacial score (nSPS) is 10.2. The van der Waals surface area contributed by atoms with Crippen LogP contribution in [0.4, 0.5) is 17.3 Å². The Balaban J connectivity index is 1.71. The van der Waals surface area contributed by atoms with Crippen LogP contribution in [0.1, 0.15) is 16.1 Å². The Hall–Kier alpha value is -3.35. The van der Waals surface area contributed by atoms with Crippen LogP contribution in [0.15, 0.2) is 53.1 Å². The smallest absolute Gasteiger partial charge is 0.292 e. The highest BCUT2D eigenvalue weighted by Crippen LogP contribution is 2.27. The van der Waals surface area contributed by atoms with Crippen molar-refractivity contribution in [1.29, 1.82) is 0 Å². The number of amides is 1. The van der Waals surface area contributed by atoms with Crippen molar-refractivity contribution < 1.29 is 13.9 Å². The molecule has 7 nitrogen and oxygen atoms in total. The van der Waals surface area contributed by atoms with E-state index in [1.165, 1.54) is 6.26 Å². The number of nitrogens with zero attached hydrogens (tertiary/aromatic N) is 2. The summed E-state index contributed by atoms with van der Waals surface area (Å²) >= 11 is 0. The van der Waals surface area contributed by atoms with Gasteiger partial charge in [0, 0.05) is 0 Å². The number of benzene rings is 1. The van der Waals surface area contributed by atoms with Crippen molar-refractivity contribution in [1.82, 2.24) is 10.2 Å². The maximum atomic E-state index is 11.9. The molecule has 2 N–H and O–H groups in total. The summed E-state index contributed by atoms with van der Waals surface area (Å²) in [5.41, 5.74) is 1.88. The number of methoxy groups -OCH3 is 1. The van der Waals surface area contributed by atoms with Gasteiger partial charge in [-0.25, -0.2) is 0 Å². The summed E-state index contributed by atoms with van der Waals surface area (Å²) in [6.45, 7) is 1.99. The molecule has 0 saturated heterocycles. The van der Waals surface area contributed by atoms with Gasteiger partial charge in [0.25, 0.3) is 5.91 Å². The van der Waals surface area contributed by atoms with Crippen molar-refractivity contribution in [2.45, 2.75) is 6.92 Å². The third-order valence-electron chi connectivity index (χ3n) is 3.27.